The van der Waals surface area contributed by atoms with Gasteiger partial charge < -0.3 is 9.84 Å². The van der Waals surface area contributed by atoms with E-state index < -0.39 is 6.10 Å². The fourth-order valence-corrected chi connectivity index (χ4v) is 1.20. The Bertz CT molecular complexity index is 289. The molecule has 1 rings (SSSR count). The molecule has 0 radical (unpaired) electrons. The third-order valence-corrected chi connectivity index (χ3v) is 2.61. The Labute approximate surface area is 90.6 Å². The van der Waals surface area contributed by atoms with Crippen LogP contribution in [0.2, 0.25) is 5.02 Å². The second-order valence-corrected chi connectivity index (χ2v) is 4.00. The van der Waals surface area contributed by atoms with Crippen LogP contribution >= 0.6 is 27.5 Å². The van der Waals surface area contributed by atoms with E-state index in [1.165, 1.54) is 0 Å². The average Bonchev–Trinajstić information content (AvgIpc) is 2.07. The van der Waals surface area contributed by atoms with Crippen LogP contribution in [-0.4, -0.2) is 17.8 Å². The van der Waals surface area contributed by atoms with Crippen LogP contribution in [0.25, 0.3) is 0 Å². The normalized spacial score (nSPS) is 12.6. The minimum absolute atomic E-state index is 0.276. The molecule has 2 nitrogen and oxygen atoms in total. The van der Waals surface area contributed by atoms with Crippen molar-refractivity contribution < 1.29 is 9.84 Å². The smallest absolute Gasteiger partial charge is 0.121 e. The standard InChI is InChI=1S/C9H10BrClO2/c1-6(12)5-13-7-2-3-8(10)9(11)4-7/h2-4,6,12H,5H2,1H3/t6-/m1/s1. The molecule has 0 aromatic heterocycles. The number of rotatable bonds is 3. The lowest BCUT2D eigenvalue weighted by Crippen LogP contribution is -2.12. The predicted molar refractivity (Wildman–Crippen MR) is 56.3 cm³/mol. The molecule has 1 aromatic rings. The summed E-state index contributed by atoms with van der Waals surface area (Å²) >= 11 is 9.11. The maximum atomic E-state index is 8.97. The number of hydrogen-bond donors (Lipinski definition) is 1. The summed E-state index contributed by atoms with van der Waals surface area (Å²) in [4.78, 5) is 0. The Balaban J connectivity index is 2.63. The van der Waals surface area contributed by atoms with Crippen molar-refractivity contribution >= 4 is 27.5 Å². The van der Waals surface area contributed by atoms with Gasteiger partial charge in [0.05, 0.1) is 11.1 Å². The molecule has 0 saturated carbocycles. The number of aliphatic hydroxyl groups excluding tert-OH is 1. The highest BCUT2D eigenvalue weighted by atomic mass is 79.9. The van der Waals surface area contributed by atoms with Crippen LogP contribution in [-0.2, 0) is 0 Å². The van der Waals surface area contributed by atoms with E-state index in [9.17, 15) is 0 Å². The topological polar surface area (TPSA) is 29.5 Å². The van der Waals surface area contributed by atoms with Gasteiger partial charge in [-0.1, -0.05) is 11.6 Å². The highest BCUT2D eigenvalue weighted by molar-refractivity contribution is 9.10. The Morgan fingerprint density at radius 3 is 2.85 bits per heavy atom. The Morgan fingerprint density at radius 1 is 1.62 bits per heavy atom. The van der Waals surface area contributed by atoms with Gasteiger partial charge >= 0.3 is 0 Å². The summed E-state index contributed by atoms with van der Waals surface area (Å²) < 4.78 is 6.08. The van der Waals surface area contributed by atoms with Gasteiger partial charge in [0.1, 0.15) is 12.4 Å². The maximum Gasteiger partial charge on any atom is 0.121 e. The molecule has 1 atom stereocenters. The number of aliphatic hydroxyl groups is 1. The summed E-state index contributed by atoms with van der Waals surface area (Å²) in [5, 5.41) is 9.57. The van der Waals surface area contributed by atoms with Crippen molar-refractivity contribution in [2.75, 3.05) is 6.61 Å². The average molecular weight is 266 g/mol. The number of hydrogen-bond acceptors (Lipinski definition) is 2. The summed E-state index contributed by atoms with van der Waals surface area (Å²) in [7, 11) is 0. The van der Waals surface area contributed by atoms with Gasteiger partial charge in [-0.15, -0.1) is 0 Å². The Morgan fingerprint density at radius 2 is 2.31 bits per heavy atom. The molecule has 0 saturated heterocycles. The third-order valence-electron chi connectivity index (χ3n) is 1.38. The van der Waals surface area contributed by atoms with Crippen LogP contribution in [0.15, 0.2) is 22.7 Å². The van der Waals surface area contributed by atoms with Crippen molar-refractivity contribution in [1.82, 2.24) is 0 Å². The lowest BCUT2D eigenvalue weighted by molar-refractivity contribution is 0.123. The van der Waals surface area contributed by atoms with Crippen LogP contribution in [0.5, 0.6) is 5.75 Å². The Hall–Kier alpha value is -0.250. The van der Waals surface area contributed by atoms with Crippen molar-refractivity contribution in [1.29, 1.82) is 0 Å². The summed E-state index contributed by atoms with van der Waals surface area (Å²) in [5.41, 5.74) is 0. The maximum absolute atomic E-state index is 8.97. The summed E-state index contributed by atoms with van der Waals surface area (Å²) in [6, 6.07) is 5.30. The first-order valence-corrected chi connectivity index (χ1v) is 5.02. The zero-order valence-corrected chi connectivity index (χ0v) is 9.47. The van der Waals surface area contributed by atoms with Crippen LogP contribution in [0.3, 0.4) is 0 Å². The molecule has 0 fully saturated rings. The van der Waals surface area contributed by atoms with Gasteiger partial charge in [0.15, 0.2) is 0 Å². The monoisotopic (exact) mass is 264 g/mol. The van der Waals surface area contributed by atoms with Crippen LogP contribution < -0.4 is 4.74 Å². The highest BCUT2D eigenvalue weighted by Crippen LogP contribution is 2.26. The first-order valence-electron chi connectivity index (χ1n) is 3.85. The van der Waals surface area contributed by atoms with E-state index in [1.54, 1.807) is 25.1 Å². The van der Waals surface area contributed by atoms with Crippen molar-refractivity contribution in [3.05, 3.63) is 27.7 Å². The molecular weight excluding hydrogens is 255 g/mol. The van der Waals surface area contributed by atoms with Crippen LogP contribution in [0.4, 0.5) is 0 Å². The molecule has 0 unspecified atom stereocenters. The molecule has 1 N–H and O–H groups in total. The van der Waals surface area contributed by atoms with E-state index in [4.69, 9.17) is 21.4 Å². The Kier molecular flexibility index (Phi) is 4.03. The molecular formula is C9H10BrClO2. The zero-order valence-electron chi connectivity index (χ0n) is 7.13. The fraction of sp³-hybridized carbons (Fsp3) is 0.333. The van der Waals surface area contributed by atoms with Crippen LogP contribution in [0, 0.1) is 0 Å². The highest BCUT2D eigenvalue weighted by Gasteiger charge is 2.01. The molecule has 4 heteroatoms. The summed E-state index contributed by atoms with van der Waals surface area (Å²) in [6.45, 7) is 1.94. The largest absolute Gasteiger partial charge is 0.491 e. The number of benzene rings is 1. The summed E-state index contributed by atoms with van der Waals surface area (Å²) in [6.07, 6.45) is -0.470. The molecule has 0 aliphatic rings. The van der Waals surface area contributed by atoms with Gasteiger partial charge in [-0.05, 0) is 41.1 Å². The van der Waals surface area contributed by atoms with E-state index in [1.807, 2.05) is 0 Å². The van der Waals surface area contributed by atoms with E-state index in [0.717, 1.165) is 4.47 Å². The molecule has 1 aromatic carbocycles. The molecule has 0 heterocycles. The van der Waals surface area contributed by atoms with E-state index in [2.05, 4.69) is 15.9 Å². The van der Waals surface area contributed by atoms with Gasteiger partial charge in [-0.25, -0.2) is 0 Å². The quantitative estimate of drug-likeness (QED) is 0.911. The number of halogens is 2. The van der Waals surface area contributed by atoms with E-state index in [-0.39, 0.29) is 6.61 Å². The molecule has 0 aliphatic carbocycles. The number of ether oxygens (including phenoxy) is 1. The molecule has 72 valence electrons. The van der Waals surface area contributed by atoms with Crippen LogP contribution in [0.1, 0.15) is 6.92 Å². The van der Waals surface area contributed by atoms with Crippen molar-refractivity contribution in [3.8, 4) is 5.75 Å². The first kappa shape index (κ1) is 10.8. The lowest BCUT2D eigenvalue weighted by atomic mass is 10.3. The van der Waals surface area contributed by atoms with Gasteiger partial charge in [0.25, 0.3) is 0 Å². The molecule has 0 bridgehead atoms. The summed E-state index contributed by atoms with van der Waals surface area (Å²) in [5.74, 6) is 0.661. The van der Waals surface area contributed by atoms with Gasteiger partial charge in [0, 0.05) is 4.47 Å². The lowest BCUT2D eigenvalue weighted by Gasteiger charge is -2.08. The second-order valence-electron chi connectivity index (χ2n) is 2.74. The minimum Gasteiger partial charge on any atom is -0.491 e. The van der Waals surface area contributed by atoms with Crippen molar-refractivity contribution in [3.63, 3.8) is 0 Å². The molecule has 0 spiro atoms. The van der Waals surface area contributed by atoms with E-state index >= 15 is 0 Å². The zero-order chi connectivity index (χ0) is 9.84. The SMILES string of the molecule is C[C@@H](O)COc1ccc(Br)c(Cl)c1. The molecule has 0 amide bonds. The van der Waals surface area contributed by atoms with Gasteiger partial charge in [-0.3, -0.25) is 0 Å². The molecule has 13 heavy (non-hydrogen) atoms. The minimum atomic E-state index is -0.470. The van der Waals surface area contributed by atoms with E-state index in [0.29, 0.717) is 10.8 Å². The fourth-order valence-electron chi connectivity index (χ4n) is 0.783. The van der Waals surface area contributed by atoms with Crippen molar-refractivity contribution in [2.24, 2.45) is 0 Å². The third kappa shape index (κ3) is 3.55. The van der Waals surface area contributed by atoms with Crippen molar-refractivity contribution in [2.45, 2.75) is 13.0 Å². The second kappa shape index (κ2) is 4.84. The van der Waals surface area contributed by atoms with Gasteiger partial charge in [0.2, 0.25) is 0 Å². The first-order chi connectivity index (χ1) is 6.09. The molecule has 0 aliphatic heterocycles. The predicted octanol–water partition coefficient (Wildman–Crippen LogP) is 2.86. The van der Waals surface area contributed by atoms with Gasteiger partial charge in [-0.2, -0.15) is 0 Å².